The summed E-state index contributed by atoms with van der Waals surface area (Å²) in [6, 6.07) is 8.48. The lowest BCUT2D eigenvalue weighted by molar-refractivity contribution is 0.0342. The molecule has 1 aromatic carbocycles. The maximum absolute atomic E-state index is 5.42. The van der Waals surface area contributed by atoms with Crippen LogP contribution in [0.4, 0.5) is 0 Å². The van der Waals surface area contributed by atoms with Crippen LogP contribution in [-0.2, 0) is 17.7 Å². The normalized spacial score (nSPS) is 22.1. The molecule has 3 heterocycles. The summed E-state index contributed by atoms with van der Waals surface area (Å²) in [5.74, 6) is 2.05. The van der Waals surface area contributed by atoms with Crippen molar-refractivity contribution in [2.75, 3.05) is 39.4 Å². The van der Waals surface area contributed by atoms with E-state index in [-0.39, 0.29) is 0 Å². The number of aromatic nitrogens is 2. The maximum atomic E-state index is 5.42. The summed E-state index contributed by atoms with van der Waals surface area (Å²) in [4.78, 5) is 6.97. The molecule has 128 valence electrons. The van der Waals surface area contributed by atoms with Crippen LogP contribution in [0.25, 0.3) is 11.4 Å². The second-order valence-electron chi connectivity index (χ2n) is 6.66. The molecular weight excluding hydrogens is 304 g/mol. The van der Waals surface area contributed by atoms with Crippen molar-refractivity contribution in [2.45, 2.75) is 19.4 Å². The molecule has 2 aliphatic heterocycles. The van der Waals surface area contributed by atoms with Crippen LogP contribution in [0.5, 0.6) is 0 Å². The minimum Gasteiger partial charge on any atom is -0.379 e. The molecule has 2 saturated heterocycles. The Hall–Kier alpha value is -1.76. The van der Waals surface area contributed by atoms with Gasteiger partial charge >= 0.3 is 0 Å². The molecule has 2 aliphatic rings. The fraction of sp³-hybridized carbons (Fsp3) is 0.556. The number of hydrogen-bond donors (Lipinski definition) is 1. The Kier molecular flexibility index (Phi) is 4.87. The zero-order valence-corrected chi connectivity index (χ0v) is 13.9. The Morgan fingerprint density at radius 2 is 2.00 bits per heavy atom. The SMILES string of the molecule is c1cc(-c2noc(CC3CCNC3)n2)ccc1CN1CCOCC1. The maximum Gasteiger partial charge on any atom is 0.227 e. The van der Waals surface area contributed by atoms with Crippen LogP contribution >= 0.6 is 0 Å². The zero-order chi connectivity index (χ0) is 16.2. The molecule has 2 fully saturated rings. The van der Waals surface area contributed by atoms with E-state index in [0.29, 0.717) is 11.7 Å². The van der Waals surface area contributed by atoms with Gasteiger partial charge in [-0.25, -0.2) is 0 Å². The van der Waals surface area contributed by atoms with Gasteiger partial charge in [-0.15, -0.1) is 0 Å². The monoisotopic (exact) mass is 328 g/mol. The van der Waals surface area contributed by atoms with Gasteiger partial charge in [0.25, 0.3) is 0 Å². The minimum atomic E-state index is 0.620. The van der Waals surface area contributed by atoms with Gasteiger partial charge in [-0.2, -0.15) is 4.98 Å². The van der Waals surface area contributed by atoms with Gasteiger partial charge in [-0.1, -0.05) is 29.4 Å². The van der Waals surface area contributed by atoms with E-state index in [4.69, 9.17) is 9.26 Å². The van der Waals surface area contributed by atoms with Crippen molar-refractivity contribution in [1.82, 2.24) is 20.4 Å². The Morgan fingerprint density at radius 3 is 2.75 bits per heavy atom. The molecule has 1 N–H and O–H groups in total. The first-order chi connectivity index (χ1) is 11.9. The van der Waals surface area contributed by atoms with Crippen LogP contribution in [0.2, 0.25) is 0 Å². The number of hydrogen-bond acceptors (Lipinski definition) is 6. The molecule has 24 heavy (non-hydrogen) atoms. The van der Waals surface area contributed by atoms with Crippen molar-refractivity contribution in [2.24, 2.45) is 5.92 Å². The quantitative estimate of drug-likeness (QED) is 0.902. The van der Waals surface area contributed by atoms with Gasteiger partial charge < -0.3 is 14.6 Å². The third kappa shape index (κ3) is 3.83. The number of ether oxygens (including phenoxy) is 1. The van der Waals surface area contributed by atoms with Crippen LogP contribution in [0.15, 0.2) is 28.8 Å². The molecule has 6 heteroatoms. The van der Waals surface area contributed by atoms with E-state index in [2.05, 4.69) is 44.6 Å². The first-order valence-corrected chi connectivity index (χ1v) is 8.79. The molecule has 0 radical (unpaired) electrons. The molecule has 2 aromatic rings. The second-order valence-corrected chi connectivity index (χ2v) is 6.66. The molecule has 0 bridgehead atoms. The second kappa shape index (κ2) is 7.42. The molecule has 1 aromatic heterocycles. The largest absolute Gasteiger partial charge is 0.379 e. The lowest BCUT2D eigenvalue weighted by Gasteiger charge is -2.26. The fourth-order valence-electron chi connectivity index (χ4n) is 3.37. The molecule has 1 unspecified atom stereocenters. The van der Waals surface area contributed by atoms with E-state index >= 15 is 0 Å². The number of rotatable bonds is 5. The van der Waals surface area contributed by atoms with E-state index in [1.165, 1.54) is 12.0 Å². The Morgan fingerprint density at radius 1 is 1.17 bits per heavy atom. The summed E-state index contributed by atoms with van der Waals surface area (Å²) < 4.78 is 10.8. The van der Waals surface area contributed by atoms with Gasteiger partial charge in [0.15, 0.2) is 0 Å². The van der Waals surface area contributed by atoms with Crippen molar-refractivity contribution in [3.63, 3.8) is 0 Å². The highest BCUT2D eigenvalue weighted by Gasteiger charge is 2.19. The van der Waals surface area contributed by atoms with Gasteiger partial charge in [0.05, 0.1) is 13.2 Å². The average Bonchev–Trinajstić information content (AvgIpc) is 3.29. The van der Waals surface area contributed by atoms with E-state index in [1.807, 2.05) is 0 Å². The van der Waals surface area contributed by atoms with E-state index in [1.54, 1.807) is 0 Å². The highest BCUT2D eigenvalue weighted by molar-refractivity contribution is 5.54. The van der Waals surface area contributed by atoms with E-state index in [9.17, 15) is 0 Å². The van der Waals surface area contributed by atoms with E-state index in [0.717, 1.165) is 63.8 Å². The molecule has 0 aliphatic carbocycles. The van der Waals surface area contributed by atoms with Crippen LogP contribution < -0.4 is 5.32 Å². The number of nitrogens with one attached hydrogen (secondary N) is 1. The highest BCUT2D eigenvalue weighted by atomic mass is 16.5. The van der Waals surface area contributed by atoms with Gasteiger partial charge in [0, 0.05) is 31.6 Å². The topological polar surface area (TPSA) is 63.4 Å². The number of morpholine rings is 1. The molecule has 0 amide bonds. The van der Waals surface area contributed by atoms with E-state index < -0.39 is 0 Å². The predicted molar refractivity (Wildman–Crippen MR) is 90.5 cm³/mol. The van der Waals surface area contributed by atoms with Crippen LogP contribution in [0.3, 0.4) is 0 Å². The first-order valence-electron chi connectivity index (χ1n) is 8.79. The summed E-state index contributed by atoms with van der Waals surface area (Å²) >= 11 is 0. The third-order valence-electron chi connectivity index (χ3n) is 4.82. The van der Waals surface area contributed by atoms with Crippen LogP contribution in [0.1, 0.15) is 17.9 Å². The summed E-state index contributed by atoms with van der Waals surface area (Å²) in [5, 5.41) is 7.51. The summed E-state index contributed by atoms with van der Waals surface area (Å²) in [5.41, 5.74) is 2.32. The highest BCUT2D eigenvalue weighted by Crippen LogP contribution is 2.20. The third-order valence-corrected chi connectivity index (χ3v) is 4.82. The summed E-state index contributed by atoms with van der Waals surface area (Å²) in [6.45, 7) is 6.79. The molecule has 6 nitrogen and oxygen atoms in total. The lowest BCUT2D eigenvalue weighted by Crippen LogP contribution is -2.35. The number of benzene rings is 1. The Balaban J connectivity index is 1.38. The van der Waals surface area contributed by atoms with Crippen molar-refractivity contribution < 1.29 is 9.26 Å². The van der Waals surface area contributed by atoms with Gasteiger partial charge in [-0.05, 0) is 31.0 Å². The molecule has 4 rings (SSSR count). The lowest BCUT2D eigenvalue weighted by atomic mass is 10.1. The average molecular weight is 328 g/mol. The van der Waals surface area contributed by atoms with Crippen LogP contribution in [-0.4, -0.2) is 54.4 Å². The van der Waals surface area contributed by atoms with Crippen molar-refractivity contribution in [1.29, 1.82) is 0 Å². The van der Waals surface area contributed by atoms with Crippen molar-refractivity contribution in [3.05, 3.63) is 35.7 Å². The van der Waals surface area contributed by atoms with Gasteiger partial charge in [-0.3, -0.25) is 4.90 Å². The molecule has 1 atom stereocenters. The minimum absolute atomic E-state index is 0.620. The zero-order valence-electron chi connectivity index (χ0n) is 13.9. The Bertz CT molecular complexity index is 643. The van der Waals surface area contributed by atoms with Crippen LogP contribution in [0, 0.1) is 5.92 Å². The smallest absolute Gasteiger partial charge is 0.227 e. The summed E-state index contributed by atoms with van der Waals surface area (Å²) in [6.07, 6.45) is 2.06. The standard InChI is InChI=1S/C18H24N4O2/c1-3-16(4-2-14(1)13-22-7-9-23-10-8-22)18-20-17(24-21-18)11-15-5-6-19-12-15/h1-4,15,19H,5-13H2. The first kappa shape index (κ1) is 15.7. The van der Waals surface area contributed by atoms with Gasteiger partial charge in [0.1, 0.15) is 0 Å². The Labute approximate surface area is 142 Å². The van der Waals surface area contributed by atoms with Gasteiger partial charge in [0.2, 0.25) is 11.7 Å². The molecule has 0 saturated carbocycles. The predicted octanol–water partition coefficient (Wildman–Crippen LogP) is 1.72. The fourth-order valence-corrected chi connectivity index (χ4v) is 3.37. The summed E-state index contributed by atoms with van der Waals surface area (Å²) in [7, 11) is 0. The molecule has 0 spiro atoms. The van der Waals surface area contributed by atoms with Crippen molar-refractivity contribution in [3.8, 4) is 11.4 Å². The number of nitrogens with zero attached hydrogens (tertiary/aromatic N) is 3. The van der Waals surface area contributed by atoms with Crippen molar-refractivity contribution >= 4 is 0 Å². The molecular formula is C18H24N4O2.